The van der Waals surface area contributed by atoms with Crippen LogP contribution in [0.3, 0.4) is 0 Å². The molecule has 1 heterocycles. The number of aromatic nitrogens is 1. The molecule has 4 N–H and O–H groups in total. The quantitative estimate of drug-likeness (QED) is 0.575. The van der Waals surface area contributed by atoms with E-state index in [1.54, 1.807) is 12.4 Å². The lowest BCUT2D eigenvalue weighted by molar-refractivity contribution is 0.0951. The first-order chi connectivity index (χ1) is 9.08. The summed E-state index contributed by atoms with van der Waals surface area (Å²) >= 11 is 0. The second kappa shape index (κ2) is 5.39. The third-order valence-corrected chi connectivity index (χ3v) is 2.87. The molecule has 1 aromatic carbocycles. The van der Waals surface area contributed by atoms with Crippen LogP contribution in [0.15, 0.2) is 36.7 Å². The largest absolute Gasteiger partial charge is 0.508 e. The molecular formula is C14H15N3O2. The molecule has 2 rings (SSSR count). The topological polar surface area (TPSA) is 88.2 Å². The predicted molar refractivity (Wildman–Crippen MR) is 72.7 cm³/mol. The van der Waals surface area contributed by atoms with Crippen molar-refractivity contribution in [1.82, 2.24) is 10.3 Å². The molecule has 0 fully saturated rings. The highest BCUT2D eigenvalue weighted by Gasteiger charge is 2.10. The van der Waals surface area contributed by atoms with Crippen molar-refractivity contribution >= 4 is 11.6 Å². The van der Waals surface area contributed by atoms with Crippen LogP contribution in [0, 0.1) is 6.92 Å². The van der Waals surface area contributed by atoms with E-state index in [4.69, 9.17) is 5.73 Å². The lowest BCUT2D eigenvalue weighted by atomic mass is 10.1. The predicted octanol–water partition coefficient (Wildman–Crippen LogP) is 1.61. The van der Waals surface area contributed by atoms with Gasteiger partial charge in [-0.25, -0.2) is 0 Å². The van der Waals surface area contributed by atoms with Crippen molar-refractivity contribution < 1.29 is 9.90 Å². The zero-order valence-corrected chi connectivity index (χ0v) is 10.6. The Hall–Kier alpha value is -2.56. The molecule has 19 heavy (non-hydrogen) atoms. The van der Waals surface area contributed by atoms with Crippen LogP contribution in [0.5, 0.6) is 5.75 Å². The number of phenols is 1. The van der Waals surface area contributed by atoms with E-state index in [2.05, 4.69) is 10.3 Å². The number of amides is 1. The van der Waals surface area contributed by atoms with Crippen LogP contribution in [0.4, 0.5) is 5.69 Å². The Bertz CT molecular complexity index is 611. The molecule has 1 aromatic heterocycles. The van der Waals surface area contributed by atoms with Crippen molar-refractivity contribution in [3.8, 4) is 5.75 Å². The van der Waals surface area contributed by atoms with Gasteiger partial charge in [-0.15, -0.1) is 0 Å². The minimum absolute atomic E-state index is 0.0110. The number of anilines is 1. The van der Waals surface area contributed by atoms with E-state index in [0.29, 0.717) is 12.2 Å². The Balaban J connectivity index is 2.10. The van der Waals surface area contributed by atoms with E-state index in [-0.39, 0.29) is 17.2 Å². The number of aryl methyl sites for hydroxylation is 1. The zero-order valence-electron chi connectivity index (χ0n) is 10.6. The van der Waals surface area contributed by atoms with Crippen molar-refractivity contribution in [2.75, 3.05) is 5.73 Å². The summed E-state index contributed by atoms with van der Waals surface area (Å²) in [6, 6.07) is 6.17. The zero-order chi connectivity index (χ0) is 13.8. The smallest absolute Gasteiger partial charge is 0.253 e. The van der Waals surface area contributed by atoms with Crippen LogP contribution >= 0.6 is 0 Å². The lowest BCUT2D eigenvalue weighted by Gasteiger charge is -2.09. The number of nitrogens with zero attached hydrogens (tertiary/aromatic N) is 1. The van der Waals surface area contributed by atoms with Crippen molar-refractivity contribution in [1.29, 1.82) is 0 Å². The molecule has 0 unspecified atom stereocenters. The van der Waals surface area contributed by atoms with Gasteiger partial charge >= 0.3 is 0 Å². The summed E-state index contributed by atoms with van der Waals surface area (Å²) < 4.78 is 0. The number of hydrogen-bond acceptors (Lipinski definition) is 4. The summed E-state index contributed by atoms with van der Waals surface area (Å²) in [7, 11) is 0. The van der Waals surface area contributed by atoms with Crippen LogP contribution in [0.2, 0.25) is 0 Å². The van der Waals surface area contributed by atoms with E-state index in [1.165, 1.54) is 18.2 Å². The third kappa shape index (κ3) is 3.01. The van der Waals surface area contributed by atoms with Crippen LogP contribution in [0.1, 0.15) is 21.5 Å². The van der Waals surface area contributed by atoms with Crippen molar-refractivity contribution in [2.24, 2.45) is 0 Å². The number of pyridine rings is 1. The summed E-state index contributed by atoms with van der Waals surface area (Å²) in [5.74, 6) is -0.312. The molecule has 5 heteroatoms. The number of benzene rings is 1. The van der Waals surface area contributed by atoms with Gasteiger partial charge in [0.25, 0.3) is 5.91 Å². The second-order valence-corrected chi connectivity index (χ2v) is 4.26. The van der Waals surface area contributed by atoms with E-state index in [9.17, 15) is 9.90 Å². The van der Waals surface area contributed by atoms with Gasteiger partial charge in [0.15, 0.2) is 0 Å². The molecular weight excluding hydrogens is 242 g/mol. The number of aromatic hydroxyl groups is 1. The number of rotatable bonds is 3. The SMILES string of the molecule is Cc1ccncc1CNC(=O)c1cc(O)ccc1N. The Morgan fingerprint density at radius 2 is 2.21 bits per heavy atom. The van der Waals surface area contributed by atoms with Gasteiger partial charge in [-0.3, -0.25) is 9.78 Å². The number of nitrogen functional groups attached to an aromatic ring is 1. The van der Waals surface area contributed by atoms with Crippen molar-refractivity contribution in [2.45, 2.75) is 13.5 Å². The summed E-state index contributed by atoms with van der Waals surface area (Å²) in [5.41, 5.74) is 8.30. The number of nitrogens with two attached hydrogens (primary N) is 1. The van der Waals surface area contributed by atoms with Gasteiger partial charge in [0.05, 0.1) is 5.56 Å². The van der Waals surface area contributed by atoms with Crippen LogP contribution in [-0.4, -0.2) is 16.0 Å². The average molecular weight is 257 g/mol. The van der Waals surface area contributed by atoms with Crippen molar-refractivity contribution in [3.05, 3.63) is 53.3 Å². The summed E-state index contributed by atoms with van der Waals surface area (Å²) in [5, 5.41) is 12.1. The standard InChI is InChI=1S/C14H15N3O2/c1-9-4-5-16-7-10(9)8-17-14(19)12-6-11(18)2-3-13(12)15/h2-7,18H,8,15H2,1H3,(H,17,19). The number of carbonyl (C=O) groups excluding carboxylic acids is 1. The Labute approximate surface area is 111 Å². The van der Waals surface area contributed by atoms with E-state index in [1.807, 2.05) is 13.0 Å². The van der Waals surface area contributed by atoms with Gasteiger partial charge in [-0.2, -0.15) is 0 Å². The molecule has 0 radical (unpaired) electrons. The number of carbonyl (C=O) groups is 1. The minimum Gasteiger partial charge on any atom is -0.508 e. The monoisotopic (exact) mass is 257 g/mol. The van der Waals surface area contributed by atoms with Crippen molar-refractivity contribution in [3.63, 3.8) is 0 Å². The fraction of sp³-hybridized carbons (Fsp3) is 0.143. The normalized spacial score (nSPS) is 10.2. The minimum atomic E-state index is -0.323. The molecule has 0 spiro atoms. The molecule has 0 aliphatic heterocycles. The van der Waals surface area contributed by atoms with Gasteiger partial charge in [0, 0.05) is 24.6 Å². The molecule has 5 nitrogen and oxygen atoms in total. The maximum Gasteiger partial charge on any atom is 0.253 e. The van der Waals surface area contributed by atoms with E-state index in [0.717, 1.165) is 11.1 Å². The average Bonchev–Trinajstić information content (AvgIpc) is 2.40. The third-order valence-electron chi connectivity index (χ3n) is 2.87. The fourth-order valence-corrected chi connectivity index (χ4v) is 1.69. The first-order valence-electron chi connectivity index (χ1n) is 5.84. The van der Waals surface area contributed by atoms with Gasteiger partial charge in [0.1, 0.15) is 5.75 Å². The molecule has 2 aromatic rings. The van der Waals surface area contributed by atoms with Gasteiger partial charge in [0.2, 0.25) is 0 Å². The van der Waals surface area contributed by atoms with E-state index < -0.39 is 0 Å². The highest BCUT2D eigenvalue weighted by molar-refractivity contribution is 5.99. The summed E-state index contributed by atoms with van der Waals surface area (Å²) in [4.78, 5) is 16.0. The van der Waals surface area contributed by atoms with Gasteiger partial charge in [-0.05, 0) is 42.3 Å². The molecule has 98 valence electrons. The number of phenolic OH excluding ortho intramolecular Hbond substituents is 1. The molecule has 0 atom stereocenters. The molecule has 0 saturated heterocycles. The number of nitrogens with one attached hydrogen (secondary N) is 1. The second-order valence-electron chi connectivity index (χ2n) is 4.26. The molecule has 0 saturated carbocycles. The maximum atomic E-state index is 12.0. The fourth-order valence-electron chi connectivity index (χ4n) is 1.69. The summed E-state index contributed by atoms with van der Waals surface area (Å²) in [6.07, 6.45) is 3.41. The first kappa shape index (κ1) is 12.9. The van der Waals surface area contributed by atoms with Crippen LogP contribution < -0.4 is 11.1 Å². The number of hydrogen-bond donors (Lipinski definition) is 3. The Kier molecular flexibility index (Phi) is 3.66. The first-order valence-corrected chi connectivity index (χ1v) is 5.84. The molecule has 0 bridgehead atoms. The Morgan fingerprint density at radius 3 is 2.95 bits per heavy atom. The highest BCUT2D eigenvalue weighted by Crippen LogP contribution is 2.18. The maximum absolute atomic E-state index is 12.0. The van der Waals surface area contributed by atoms with Crippen LogP contribution in [0.25, 0.3) is 0 Å². The molecule has 1 amide bonds. The molecule has 0 aliphatic rings. The van der Waals surface area contributed by atoms with E-state index >= 15 is 0 Å². The molecule has 0 aliphatic carbocycles. The Morgan fingerprint density at radius 1 is 1.42 bits per heavy atom. The summed E-state index contributed by atoms with van der Waals surface area (Å²) in [6.45, 7) is 2.32. The van der Waals surface area contributed by atoms with Gasteiger partial charge in [-0.1, -0.05) is 0 Å². The highest BCUT2D eigenvalue weighted by atomic mass is 16.3. The van der Waals surface area contributed by atoms with Gasteiger partial charge < -0.3 is 16.2 Å². The lowest BCUT2D eigenvalue weighted by Crippen LogP contribution is -2.24. The van der Waals surface area contributed by atoms with Crippen LogP contribution in [-0.2, 0) is 6.54 Å².